The van der Waals surface area contributed by atoms with Crippen LogP contribution in [0.2, 0.25) is 0 Å². The Morgan fingerprint density at radius 2 is 1.92 bits per heavy atom. The summed E-state index contributed by atoms with van der Waals surface area (Å²) < 4.78 is 2.14. The number of rotatable bonds is 6. The number of piperidine rings is 1. The largest absolute Gasteiger partial charge is 0.349 e. The number of carbonyl (C=O) groups is 2. The molecule has 1 fully saturated rings. The number of carbonyl (C=O) groups excluding carboxylic acids is 2. The molecular formula is C20H28N4O2. The summed E-state index contributed by atoms with van der Waals surface area (Å²) in [6.07, 6.45) is 2.96. The summed E-state index contributed by atoms with van der Waals surface area (Å²) in [5.74, 6) is 1.16. The van der Waals surface area contributed by atoms with E-state index in [1.807, 2.05) is 30.0 Å². The van der Waals surface area contributed by atoms with Crippen molar-refractivity contribution in [2.75, 3.05) is 13.1 Å². The summed E-state index contributed by atoms with van der Waals surface area (Å²) >= 11 is 0. The van der Waals surface area contributed by atoms with Crippen molar-refractivity contribution in [1.29, 1.82) is 0 Å². The molecule has 1 aromatic heterocycles. The number of aromatic nitrogens is 2. The van der Waals surface area contributed by atoms with Crippen LogP contribution in [0.1, 0.15) is 45.4 Å². The molecule has 0 bridgehead atoms. The molecule has 2 aromatic rings. The Kier molecular flexibility index (Phi) is 5.91. The van der Waals surface area contributed by atoms with Crippen molar-refractivity contribution >= 4 is 22.8 Å². The number of hydrogen-bond donors (Lipinski definition) is 1. The van der Waals surface area contributed by atoms with Gasteiger partial charge in [-0.2, -0.15) is 0 Å². The number of aryl methyl sites for hydroxylation is 1. The van der Waals surface area contributed by atoms with Gasteiger partial charge in [-0.05, 0) is 38.3 Å². The van der Waals surface area contributed by atoms with Gasteiger partial charge in [-0.3, -0.25) is 9.59 Å². The van der Waals surface area contributed by atoms with Gasteiger partial charge in [0.25, 0.3) is 0 Å². The number of amides is 2. The van der Waals surface area contributed by atoms with E-state index in [1.165, 1.54) is 0 Å². The fourth-order valence-corrected chi connectivity index (χ4v) is 3.69. The van der Waals surface area contributed by atoms with Crippen molar-refractivity contribution in [1.82, 2.24) is 19.8 Å². The highest BCUT2D eigenvalue weighted by molar-refractivity contribution is 5.80. The quantitative estimate of drug-likeness (QED) is 0.865. The van der Waals surface area contributed by atoms with Crippen LogP contribution in [0.15, 0.2) is 24.3 Å². The molecule has 0 unspecified atom stereocenters. The Morgan fingerprint density at radius 1 is 1.19 bits per heavy atom. The minimum absolute atomic E-state index is 0.0138. The van der Waals surface area contributed by atoms with E-state index in [0.717, 1.165) is 42.7 Å². The lowest BCUT2D eigenvalue weighted by Crippen LogP contribution is -2.43. The second kappa shape index (κ2) is 8.34. The number of fused-ring (bicyclic) bond motifs is 1. The zero-order valence-corrected chi connectivity index (χ0v) is 15.7. The van der Waals surface area contributed by atoms with Gasteiger partial charge in [-0.25, -0.2) is 4.98 Å². The molecule has 3 rings (SSSR count). The van der Waals surface area contributed by atoms with Gasteiger partial charge in [0.15, 0.2) is 0 Å². The minimum Gasteiger partial charge on any atom is -0.349 e. The molecule has 0 aliphatic carbocycles. The van der Waals surface area contributed by atoms with Crippen molar-refractivity contribution in [3.63, 3.8) is 0 Å². The van der Waals surface area contributed by atoms with E-state index in [2.05, 4.69) is 27.9 Å². The van der Waals surface area contributed by atoms with Gasteiger partial charge in [-0.15, -0.1) is 0 Å². The Morgan fingerprint density at radius 3 is 2.62 bits per heavy atom. The topological polar surface area (TPSA) is 67.2 Å². The molecule has 1 N–H and O–H groups in total. The maximum atomic E-state index is 12.5. The molecule has 1 aromatic carbocycles. The molecule has 1 aliphatic rings. The van der Waals surface area contributed by atoms with Crippen LogP contribution in [0.5, 0.6) is 0 Å². The minimum atomic E-state index is -0.0138. The average molecular weight is 356 g/mol. The Labute approximate surface area is 154 Å². The second-order valence-corrected chi connectivity index (χ2v) is 6.88. The summed E-state index contributed by atoms with van der Waals surface area (Å²) in [6.45, 7) is 6.74. The third-order valence-corrected chi connectivity index (χ3v) is 5.15. The zero-order chi connectivity index (χ0) is 18.5. The van der Waals surface area contributed by atoms with E-state index in [-0.39, 0.29) is 17.7 Å². The standard InChI is InChI=1S/C20H28N4O2/c1-3-7-19(25)23-12-10-15(11-13-23)20(26)21-14-18-22-16-8-5-6-9-17(16)24(18)4-2/h5-6,8-9,15H,3-4,7,10-14H2,1-2H3,(H,21,26). The highest BCUT2D eigenvalue weighted by Crippen LogP contribution is 2.19. The van der Waals surface area contributed by atoms with Crippen molar-refractivity contribution in [3.05, 3.63) is 30.1 Å². The molecule has 6 nitrogen and oxygen atoms in total. The summed E-state index contributed by atoms with van der Waals surface area (Å²) in [5.41, 5.74) is 2.06. The molecule has 140 valence electrons. The Bertz CT molecular complexity index is 775. The molecule has 1 aliphatic heterocycles. The van der Waals surface area contributed by atoms with E-state index in [4.69, 9.17) is 0 Å². The third-order valence-electron chi connectivity index (χ3n) is 5.15. The maximum Gasteiger partial charge on any atom is 0.223 e. The van der Waals surface area contributed by atoms with Gasteiger partial charge < -0.3 is 14.8 Å². The van der Waals surface area contributed by atoms with Crippen LogP contribution in [-0.2, 0) is 22.7 Å². The summed E-state index contributed by atoms with van der Waals surface area (Å²) in [5, 5.41) is 3.05. The van der Waals surface area contributed by atoms with Gasteiger partial charge in [0, 0.05) is 32.0 Å². The van der Waals surface area contributed by atoms with Crippen LogP contribution >= 0.6 is 0 Å². The summed E-state index contributed by atoms with van der Waals surface area (Å²) in [7, 11) is 0. The predicted molar refractivity (Wildman–Crippen MR) is 101 cm³/mol. The smallest absolute Gasteiger partial charge is 0.223 e. The molecule has 0 saturated carbocycles. The van der Waals surface area contributed by atoms with Crippen molar-refractivity contribution in [3.8, 4) is 0 Å². The molecule has 0 radical (unpaired) electrons. The van der Waals surface area contributed by atoms with Crippen molar-refractivity contribution in [2.45, 2.75) is 52.6 Å². The van der Waals surface area contributed by atoms with Gasteiger partial charge in [0.2, 0.25) is 11.8 Å². The number of nitrogens with zero attached hydrogens (tertiary/aromatic N) is 3. The van der Waals surface area contributed by atoms with E-state index >= 15 is 0 Å². The van der Waals surface area contributed by atoms with E-state index in [1.54, 1.807) is 0 Å². The Balaban J connectivity index is 1.56. The predicted octanol–water partition coefficient (Wildman–Crippen LogP) is 2.71. The molecule has 0 spiro atoms. The first-order chi connectivity index (χ1) is 12.6. The lowest BCUT2D eigenvalue weighted by molar-refractivity contribution is -0.135. The first-order valence-electron chi connectivity index (χ1n) is 9.63. The molecule has 2 heterocycles. The maximum absolute atomic E-state index is 12.5. The van der Waals surface area contributed by atoms with E-state index in [9.17, 15) is 9.59 Å². The lowest BCUT2D eigenvalue weighted by Gasteiger charge is -2.31. The lowest BCUT2D eigenvalue weighted by atomic mass is 9.95. The SMILES string of the molecule is CCCC(=O)N1CCC(C(=O)NCc2nc3ccccc3n2CC)CC1. The van der Waals surface area contributed by atoms with Crippen LogP contribution in [0.4, 0.5) is 0 Å². The molecule has 2 amide bonds. The summed E-state index contributed by atoms with van der Waals surface area (Å²) in [4.78, 5) is 31.0. The Hall–Kier alpha value is -2.37. The van der Waals surface area contributed by atoms with E-state index < -0.39 is 0 Å². The number of hydrogen-bond acceptors (Lipinski definition) is 3. The average Bonchev–Trinajstić information content (AvgIpc) is 3.04. The van der Waals surface area contributed by atoms with Gasteiger partial charge in [0.1, 0.15) is 5.82 Å². The number of nitrogens with one attached hydrogen (secondary N) is 1. The molecule has 6 heteroatoms. The number of para-hydroxylation sites is 2. The summed E-state index contributed by atoms with van der Waals surface area (Å²) in [6, 6.07) is 8.04. The fraction of sp³-hybridized carbons (Fsp3) is 0.550. The van der Waals surface area contributed by atoms with Crippen LogP contribution < -0.4 is 5.32 Å². The van der Waals surface area contributed by atoms with Crippen LogP contribution in [0.25, 0.3) is 11.0 Å². The molecule has 1 saturated heterocycles. The molecule has 26 heavy (non-hydrogen) atoms. The van der Waals surface area contributed by atoms with Crippen LogP contribution in [-0.4, -0.2) is 39.4 Å². The number of imidazole rings is 1. The van der Waals surface area contributed by atoms with Gasteiger partial charge in [0.05, 0.1) is 17.6 Å². The fourth-order valence-electron chi connectivity index (χ4n) is 3.69. The zero-order valence-electron chi connectivity index (χ0n) is 15.7. The monoisotopic (exact) mass is 356 g/mol. The van der Waals surface area contributed by atoms with Gasteiger partial charge >= 0.3 is 0 Å². The molecular weight excluding hydrogens is 328 g/mol. The number of likely N-dealkylation sites (tertiary alicyclic amines) is 1. The highest BCUT2D eigenvalue weighted by atomic mass is 16.2. The second-order valence-electron chi connectivity index (χ2n) is 6.88. The van der Waals surface area contributed by atoms with Crippen molar-refractivity contribution in [2.24, 2.45) is 5.92 Å². The van der Waals surface area contributed by atoms with Crippen LogP contribution in [0, 0.1) is 5.92 Å². The van der Waals surface area contributed by atoms with E-state index in [0.29, 0.717) is 26.1 Å². The first-order valence-corrected chi connectivity index (χ1v) is 9.63. The number of benzene rings is 1. The van der Waals surface area contributed by atoms with Gasteiger partial charge in [-0.1, -0.05) is 19.1 Å². The first kappa shape index (κ1) is 18.4. The highest BCUT2D eigenvalue weighted by Gasteiger charge is 2.27. The normalized spacial score (nSPS) is 15.4. The van der Waals surface area contributed by atoms with Crippen molar-refractivity contribution < 1.29 is 9.59 Å². The third kappa shape index (κ3) is 3.89. The molecule has 0 atom stereocenters. The van der Waals surface area contributed by atoms with Crippen LogP contribution in [0.3, 0.4) is 0 Å².